The lowest BCUT2D eigenvalue weighted by Crippen LogP contribution is -2.49. The Balaban J connectivity index is 1.60. The SMILES string of the molecule is CCN(CCN(NC)C(=O)NCc1cc(C)on1)c1ccc(N2C[C@H](CN)OC2=O)cc1F. The van der Waals surface area contributed by atoms with Crippen LogP contribution in [0.15, 0.2) is 28.8 Å². The third kappa shape index (κ3) is 5.90. The first-order chi connectivity index (χ1) is 15.9. The molecule has 12 heteroatoms. The Morgan fingerprint density at radius 3 is 2.73 bits per heavy atom. The summed E-state index contributed by atoms with van der Waals surface area (Å²) in [5, 5.41) is 8.00. The zero-order chi connectivity index (χ0) is 24.0. The van der Waals surface area contributed by atoms with Gasteiger partial charge in [-0.05, 0) is 32.0 Å². The van der Waals surface area contributed by atoms with Crippen LogP contribution in [0.3, 0.4) is 0 Å². The predicted octanol–water partition coefficient (Wildman–Crippen LogP) is 1.58. The van der Waals surface area contributed by atoms with Crippen LogP contribution in [-0.2, 0) is 11.3 Å². The minimum Gasteiger partial charge on any atom is -0.443 e. The number of cyclic esters (lactones) is 1. The summed E-state index contributed by atoms with van der Waals surface area (Å²) in [4.78, 5) is 27.7. The lowest BCUT2D eigenvalue weighted by Gasteiger charge is -2.28. The molecule has 1 aliphatic heterocycles. The van der Waals surface area contributed by atoms with Gasteiger partial charge in [-0.25, -0.2) is 19.4 Å². The van der Waals surface area contributed by atoms with E-state index in [0.29, 0.717) is 42.5 Å². The van der Waals surface area contributed by atoms with Crippen LogP contribution < -0.4 is 26.3 Å². The maximum absolute atomic E-state index is 15.0. The number of nitrogens with zero attached hydrogens (tertiary/aromatic N) is 4. The highest BCUT2D eigenvalue weighted by atomic mass is 19.1. The van der Waals surface area contributed by atoms with Gasteiger partial charge in [0, 0.05) is 32.7 Å². The van der Waals surface area contributed by atoms with Crippen molar-refractivity contribution in [1.29, 1.82) is 0 Å². The van der Waals surface area contributed by atoms with Gasteiger partial charge in [0.05, 0.1) is 31.0 Å². The van der Waals surface area contributed by atoms with Crippen molar-refractivity contribution in [1.82, 2.24) is 20.9 Å². The minimum absolute atomic E-state index is 0.209. The molecule has 1 aromatic carbocycles. The van der Waals surface area contributed by atoms with Gasteiger partial charge in [0.25, 0.3) is 0 Å². The minimum atomic E-state index is -0.540. The largest absolute Gasteiger partial charge is 0.443 e. The average Bonchev–Trinajstić information content (AvgIpc) is 3.40. The van der Waals surface area contributed by atoms with Crippen molar-refractivity contribution in [2.45, 2.75) is 26.5 Å². The van der Waals surface area contributed by atoms with Gasteiger partial charge in [-0.3, -0.25) is 9.91 Å². The molecule has 1 aromatic heterocycles. The van der Waals surface area contributed by atoms with E-state index in [-0.39, 0.29) is 25.7 Å². The highest BCUT2D eigenvalue weighted by Gasteiger charge is 2.32. The van der Waals surface area contributed by atoms with Gasteiger partial charge in [0.2, 0.25) is 0 Å². The highest BCUT2D eigenvalue weighted by Crippen LogP contribution is 2.27. The smallest absolute Gasteiger partial charge is 0.414 e. The summed E-state index contributed by atoms with van der Waals surface area (Å²) in [6.45, 7) is 5.59. The molecule has 2 heterocycles. The fraction of sp³-hybridized carbons (Fsp3) is 0.476. The Bertz CT molecular complexity index is 970. The fourth-order valence-electron chi connectivity index (χ4n) is 3.52. The molecular weight excluding hydrogens is 433 g/mol. The standard InChI is InChI=1S/C21H30FN7O4/c1-4-27(7-8-29(24-3)20(30)25-12-15-9-14(2)33-26-15)19-6-5-16(10-18(19)22)28-13-17(11-23)32-21(28)31/h5-6,9-10,17,24H,4,7-8,11-13,23H2,1-3H3,(H,25,30)/t17-/m0/s1. The van der Waals surface area contributed by atoms with Gasteiger partial charge in [0.1, 0.15) is 23.4 Å². The number of hydrazine groups is 1. The molecule has 0 bridgehead atoms. The van der Waals surface area contributed by atoms with E-state index in [1.807, 2.05) is 11.8 Å². The Kier molecular flexibility index (Phi) is 8.06. The van der Waals surface area contributed by atoms with E-state index < -0.39 is 18.0 Å². The molecule has 3 amide bonds. The number of nitrogens with two attached hydrogens (primary N) is 1. The Morgan fingerprint density at radius 2 is 2.15 bits per heavy atom. The molecule has 1 atom stereocenters. The zero-order valence-corrected chi connectivity index (χ0v) is 19.0. The van der Waals surface area contributed by atoms with Crippen LogP contribution in [0, 0.1) is 12.7 Å². The van der Waals surface area contributed by atoms with Crippen molar-refractivity contribution >= 4 is 23.5 Å². The summed E-state index contributed by atoms with van der Waals surface area (Å²) >= 11 is 0. The monoisotopic (exact) mass is 463 g/mol. The maximum atomic E-state index is 15.0. The molecule has 1 saturated heterocycles. The molecule has 2 aromatic rings. The van der Waals surface area contributed by atoms with Crippen molar-refractivity contribution in [3.05, 3.63) is 41.5 Å². The summed E-state index contributed by atoms with van der Waals surface area (Å²) in [5.41, 5.74) is 9.80. The number of amides is 3. The number of urea groups is 1. The third-order valence-electron chi connectivity index (χ3n) is 5.31. The van der Waals surface area contributed by atoms with Crippen LogP contribution in [0.1, 0.15) is 18.4 Å². The Labute approximate surface area is 191 Å². The number of benzene rings is 1. The van der Waals surface area contributed by atoms with Gasteiger partial charge in [-0.1, -0.05) is 5.16 Å². The van der Waals surface area contributed by atoms with E-state index in [4.69, 9.17) is 15.0 Å². The first-order valence-corrected chi connectivity index (χ1v) is 10.7. The number of rotatable bonds is 10. The number of likely N-dealkylation sites (N-methyl/N-ethyl adjacent to an activating group) is 1. The van der Waals surface area contributed by atoms with Crippen molar-refractivity contribution < 1.29 is 23.2 Å². The first kappa shape index (κ1) is 24.3. The number of carbonyl (C=O) groups excluding carboxylic acids is 2. The van der Waals surface area contributed by atoms with Crippen molar-refractivity contribution in [2.75, 3.05) is 49.6 Å². The molecular formula is C21H30FN7O4. The molecule has 180 valence electrons. The van der Waals surface area contributed by atoms with Gasteiger partial charge < -0.3 is 25.2 Å². The molecule has 0 unspecified atom stereocenters. The molecule has 0 radical (unpaired) electrons. The first-order valence-electron chi connectivity index (χ1n) is 10.7. The third-order valence-corrected chi connectivity index (χ3v) is 5.31. The summed E-state index contributed by atoms with van der Waals surface area (Å²) in [6.07, 6.45) is -0.944. The van der Waals surface area contributed by atoms with E-state index >= 15 is 0 Å². The van der Waals surface area contributed by atoms with Crippen LogP contribution in [0.4, 0.5) is 25.4 Å². The Hall–Kier alpha value is -3.38. The number of aryl methyl sites for hydroxylation is 1. The average molecular weight is 464 g/mol. The van der Waals surface area contributed by atoms with E-state index in [1.54, 1.807) is 32.2 Å². The summed E-state index contributed by atoms with van der Waals surface area (Å²) in [7, 11) is 1.63. The lowest BCUT2D eigenvalue weighted by molar-refractivity contribution is 0.145. The number of anilines is 2. The number of hydrogen-bond acceptors (Lipinski definition) is 8. The quantitative estimate of drug-likeness (QED) is 0.453. The number of nitrogens with one attached hydrogen (secondary N) is 2. The van der Waals surface area contributed by atoms with E-state index in [1.165, 1.54) is 16.0 Å². The molecule has 1 aliphatic rings. The molecule has 1 fully saturated rings. The van der Waals surface area contributed by atoms with Gasteiger partial charge in [-0.2, -0.15) is 0 Å². The molecule has 0 aliphatic carbocycles. The molecule has 0 spiro atoms. The normalized spacial score (nSPS) is 15.5. The number of ether oxygens (including phenoxy) is 1. The molecule has 33 heavy (non-hydrogen) atoms. The van der Waals surface area contributed by atoms with Crippen molar-refractivity contribution in [3.63, 3.8) is 0 Å². The Morgan fingerprint density at radius 1 is 1.36 bits per heavy atom. The number of halogens is 1. The second-order valence-corrected chi connectivity index (χ2v) is 7.53. The van der Waals surface area contributed by atoms with E-state index in [9.17, 15) is 14.0 Å². The van der Waals surface area contributed by atoms with Gasteiger partial charge in [0.15, 0.2) is 0 Å². The van der Waals surface area contributed by atoms with Crippen LogP contribution in [0.25, 0.3) is 0 Å². The summed E-state index contributed by atoms with van der Waals surface area (Å²) < 4.78 is 25.1. The number of hydrogen-bond donors (Lipinski definition) is 3. The predicted molar refractivity (Wildman–Crippen MR) is 120 cm³/mol. The molecule has 0 saturated carbocycles. The summed E-state index contributed by atoms with van der Waals surface area (Å²) in [6, 6.07) is 6.00. The lowest BCUT2D eigenvalue weighted by atomic mass is 10.2. The van der Waals surface area contributed by atoms with Gasteiger partial charge >= 0.3 is 12.1 Å². The highest BCUT2D eigenvalue weighted by molar-refractivity contribution is 5.90. The van der Waals surface area contributed by atoms with E-state index in [0.717, 1.165) is 0 Å². The maximum Gasteiger partial charge on any atom is 0.414 e. The van der Waals surface area contributed by atoms with E-state index in [2.05, 4.69) is 15.9 Å². The number of aromatic nitrogens is 1. The molecule has 4 N–H and O–H groups in total. The van der Waals surface area contributed by atoms with Crippen molar-refractivity contribution in [3.8, 4) is 0 Å². The second-order valence-electron chi connectivity index (χ2n) is 7.53. The topological polar surface area (TPSA) is 129 Å². The molecule has 11 nitrogen and oxygen atoms in total. The van der Waals surface area contributed by atoms with Crippen LogP contribution >= 0.6 is 0 Å². The van der Waals surface area contributed by atoms with Crippen molar-refractivity contribution in [2.24, 2.45) is 5.73 Å². The van der Waals surface area contributed by atoms with Gasteiger partial charge in [-0.15, -0.1) is 0 Å². The zero-order valence-electron chi connectivity index (χ0n) is 19.0. The summed E-state index contributed by atoms with van der Waals surface area (Å²) in [5.74, 6) is 0.192. The van der Waals surface area contributed by atoms with Crippen LogP contribution in [0.2, 0.25) is 0 Å². The fourth-order valence-corrected chi connectivity index (χ4v) is 3.52. The van der Waals surface area contributed by atoms with Crippen LogP contribution in [-0.4, -0.2) is 68.2 Å². The second kappa shape index (κ2) is 11.0. The van der Waals surface area contributed by atoms with Crippen LogP contribution in [0.5, 0.6) is 0 Å². The number of carbonyl (C=O) groups is 2. The molecule has 3 rings (SSSR count).